The number of amides is 1. The van der Waals surface area contributed by atoms with E-state index in [0.717, 1.165) is 0 Å². The first-order chi connectivity index (χ1) is 5.15. The Bertz CT molecular complexity index is 333. The minimum Gasteiger partial charge on any atom is -0.382 e. The summed E-state index contributed by atoms with van der Waals surface area (Å²) in [5, 5.41) is 8.31. The minimum absolute atomic E-state index is 0.0173. The third kappa shape index (κ3) is 1.11. The molecule has 0 aliphatic heterocycles. The first-order valence-electron chi connectivity index (χ1n) is 2.70. The third-order valence-electron chi connectivity index (χ3n) is 1.08. The van der Waals surface area contributed by atoms with Gasteiger partial charge in [-0.25, -0.2) is 4.98 Å². The third-order valence-corrected chi connectivity index (χ3v) is 1.08. The topological polar surface area (TPSA) is 122 Å². The van der Waals surface area contributed by atoms with Crippen molar-refractivity contribution in [3.63, 3.8) is 0 Å². The normalized spacial score (nSPS) is 9.00. The Balaban J connectivity index is 3.20. The van der Waals surface area contributed by atoms with E-state index in [1.807, 2.05) is 0 Å². The zero-order chi connectivity index (χ0) is 8.43. The van der Waals surface area contributed by atoms with Crippen LogP contribution < -0.4 is 11.5 Å². The first-order valence-corrected chi connectivity index (χ1v) is 2.70. The van der Waals surface area contributed by atoms with Crippen LogP contribution in [0.1, 0.15) is 16.3 Å². The van der Waals surface area contributed by atoms with Crippen LogP contribution in [0, 0.1) is 11.3 Å². The molecule has 0 spiro atoms. The molecule has 56 valence electrons. The molecule has 6 heteroatoms. The molecule has 0 bridgehead atoms. The smallest absolute Gasteiger partial charge is 0.269 e. The van der Waals surface area contributed by atoms with Gasteiger partial charge in [0.15, 0.2) is 5.82 Å². The van der Waals surface area contributed by atoms with E-state index in [2.05, 4.69) is 9.97 Å². The molecule has 1 rings (SSSR count). The zero-order valence-electron chi connectivity index (χ0n) is 5.46. The Kier molecular flexibility index (Phi) is 1.48. The van der Waals surface area contributed by atoms with Gasteiger partial charge in [-0.05, 0) is 0 Å². The summed E-state index contributed by atoms with van der Waals surface area (Å²) in [6.07, 6.45) is 0. The van der Waals surface area contributed by atoms with E-state index in [-0.39, 0.29) is 17.3 Å². The average molecular weight is 151 g/mol. The Morgan fingerprint density at radius 2 is 2.36 bits per heavy atom. The number of primary amides is 1. The summed E-state index contributed by atoms with van der Waals surface area (Å²) in [5.74, 6) is -0.790. The number of carbonyl (C=O) groups excluding carboxylic acids is 1. The maximum absolute atomic E-state index is 10.5. The van der Waals surface area contributed by atoms with Crippen molar-refractivity contribution < 1.29 is 4.79 Å². The summed E-state index contributed by atoms with van der Waals surface area (Å²) >= 11 is 0. The van der Waals surface area contributed by atoms with Gasteiger partial charge in [-0.2, -0.15) is 5.26 Å². The number of aromatic nitrogens is 2. The molecule has 0 saturated carbocycles. The van der Waals surface area contributed by atoms with Gasteiger partial charge in [0.25, 0.3) is 5.91 Å². The van der Waals surface area contributed by atoms with Crippen molar-refractivity contribution in [1.29, 1.82) is 5.26 Å². The lowest BCUT2D eigenvalue weighted by Gasteiger charge is -1.87. The van der Waals surface area contributed by atoms with E-state index in [4.69, 9.17) is 16.7 Å². The number of hydrogen-bond donors (Lipinski definition) is 3. The van der Waals surface area contributed by atoms with Gasteiger partial charge < -0.3 is 16.5 Å². The maximum Gasteiger partial charge on any atom is 0.269 e. The molecule has 1 heterocycles. The van der Waals surface area contributed by atoms with Crippen LogP contribution in [0.5, 0.6) is 0 Å². The molecule has 1 aromatic rings. The monoisotopic (exact) mass is 151 g/mol. The average Bonchev–Trinajstić information content (AvgIpc) is 2.30. The number of aromatic amines is 1. The molecule has 0 unspecified atom stereocenters. The number of rotatable bonds is 1. The number of nitrogen functional groups attached to an aromatic ring is 1. The van der Waals surface area contributed by atoms with E-state index in [9.17, 15) is 4.79 Å². The van der Waals surface area contributed by atoms with E-state index in [1.165, 1.54) is 0 Å². The number of nitrogens with two attached hydrogens (primary N) is 2. The molecule has 0 aliphatic carbocycles. The highest BCUT2D eigenvalue weighted by Gasteiger charge is 2.10. The van der Waals surface area contributed by atoms with E-state index in [1.54, 1.807) is 6.07 Å². The number of hydrogen-bond acceptors (Lipinski definition) is 4. The molecule has 1 aromatic heterocycles. The van der Waals surface area contributed by atoms with Gasteiger partial charge in [0, 0.05) is 0 Å². The van der Waals surface area contributed by atoms with E-state index >= 15 is 0 Å². The van der Waals surface area contributed by atoms with Gasteiger partial charge in [-0.15, -0.1) is 0 Å². The van der Waals surface area contributed by atoms with Crippen LogP contribution in [0.4, 0.5) is 5.82 Å². The number of anilines is 1. The van der Waals surface area contributed by atoms with Gasteiger partial charge in [0.1, 0.15) is 11.8 Å². The number of nitrogens with zero attached hydrogens (tertiary/aromatic N) is 2. The van der Waals surface area contributed by atoms with E-state index in [0.29, 0.717) is 0 Å². The van der Waals surface area contributed by atoms with Crippen LogP contribution in [0.3, 0.4) is 0 Å². The van der Waals surface area contributed by atoms with Crippen LogP contribution in [-0.2, 0) is 0 Å². The number of nitrogens with one attached hydrogen (secondary N) is 1. The first kappa shape index (κ1) is 7.08. The van der Waals surface area contributed by atoms with Crippen LogP contribution in [0.25, 0.3) is 0 Å². The second-order valence-electron chi connectivity index (χ2n) is 1.82. The lowest BCUT2D eigenvalue weighted by molar-refractivity contribution is 0.0997. The maximum atomic E-state index is 10.5. The number of nitriles is 1. The number of carbonyl (C=O) groups is 1. The summed E-state index contributed by atoms with van der Waals surface area (Å²) in [4.78, 5) is 16.4. The van der Waals surface area contributed by atoms with E-state index < -0.39 is 5.91 Å². The van der Waals surface area contributed by atoms with Crippen LogP contribution in [0.2, 0.25) is 0 Å². The van der Waals surface area contributed by atoms with Gasteiger partial charge in [-0.1, -0.05) is 0 Å². The summed E-state index contributed by atoms with van der Waals surface area (Å²) in [6, 6.07) is 1.69. The van der Waals surface area contributed by atoms with Gasteiger partial charge in [0.2, 0.25) is 5.82 Å². The highest BCUT2D eigenvalue weighted by molar-refractivity contribution is 5.95. The lowest BCUT2D eigenvalue weighted by atomic mass is 10.4. The molecule has 0 radical (unpaired) electrons. The fourth-order valence-electron chi connectivity index (χ4n) is 0.628. The van der Waals surface area contributed by atoms with Crippen molar-refractivity contribution in [2.45, 2.75) is 0 Å². The molecular formula is C5H5N5O. The van der Waals surface area contributed by atoms with Crippen molar-refractivity contribution in [1.82, 2.24) is 9.97 Å². The Morgan fingerprint density at radius 3 is 2.64 bits per heavy atom. The van der Waals surface area contributed by atoms with Crippen molar-refractivity contribution in [2.75, 3.05) is 5.73 Å². The Morgan fingerprint density at radius 1 is 1.73 bits per heavy atom. The Labute approximate surface area is 61.8 Å². The predicted octanol–water partition coefficient (Wildman–Crippen LogP) is -1.04. The largest absolute Gasteiger partial charge is 0.382 e. The van der Waals surface area contributed by atoms with Crippen LogP contribution in [-0.4, -0.2) is 15.9 Å². The lowest BCUT2D eigenvalue weighted by Crippen LogP contribution is -2.13. The summed E-state index contributed by atoms with van der Waals surface area (Å²) in [6.45, 7) is 0. The zero-order valence-corrected chi connectivity index (χ0v) is 5.46. The minimum atomic E-state index is -0.725. The van der Waals surface area contributed by atoms with Crippen molar-refractivity contribution in [2.24, 2.45) is 5.73 Å². The fraction of sp³-hybridized carbons (Fsp3) is 0. The highest BCUT2D eigenvalue weighted by Crippen LogP contribution is 2.05. The standard InChI is InChI=1S/C5H5N5O/c6-1-2-9-3(5(8)11)4(7)10-2/h7H2,(H2,8,11)(H,9,10). The molecular weight excluding hydrogens is 146 g/mol. The molecule has 5 N–H and O–H groups in total. The number of H-pyrrole nitrogens is 1. The molecule has 6 nitrogen and oxygen atoms in total. The SMILES string of the molecule is N#Cc1nc(N)c(C(N)=O)[nH]1. The molecule has 1 amide bonds. The molecule has 11 heavy (non-hydrogen) atoms. The highest BCUT2D eigenvalue weighted by atomic mass is 16.1. The summed E-state index contributed by atoms with van der Waals surface area (Å²) in [7, 11) is 0. The predicted molar refractivity (Wildman–Crippen MR) is 36.2 cm³/mol. The molecule has 0 saturated heterocycles. The van der Waals surface area contributed by atoms with Gasteiger partial charge >= 0.3 is 0 Å². The second-order valence-corrected chi connectivity index (χ2v) is 1.82. The van der Waals surface area contributed by atoms with Gasteiger partial charge in [0.05, 0.1) is 0 Å². The molecule has 0 aromatic carbocycles. The van der Waals surface area contributed by atoms with Crippen LogP contribution in [0.15, 0.2) is 0 Å². The Hall–Kier alpha value is -2.03. The summed E-state index contributed by atoms with van der Waals surface area (Å²) < 4.78 is 0. The van der Waals surface area contributed by atoms with Crippen LogP contribution >= 0.6 is 0 Å². The van der Waals surface area contributed by atoms with Gasteiger partial charge in [-0.3, -0.25) is 4.79 Å². The quantitative estimate of drug-likeness (QED) is 0.474. The number of imidazole rings is 1. The molecule has 0 fully saturated rings. The molecule has 0 atom stereocenters. The fourth-order valence-corrected chi connectivity index (χ4v) is 0.628. The van der Waals surface area contributed by atoms with Crippen molar-refractivity contribution in [3.05, 3.63) is 11.5 Å². The van der Waals surface area contributed by atoms with Crippen molar-refractivity contribution >= 4 is 11.7 Å². The summed E-state index contributed by atoms with van der Waals surface area (Å²) in [5.41, 5.74) is 10.1. The second kappa shape index (κ2) is 2.30. The molecule has 0 aliphatic rings. The van der Waals surface area contributed by atoms with Crippen molar-refractivity contribution in [3.8, 4) is 6.07 Å².